The minimum absolute atomic E-state index is 0.0553. The Balaban J connectivity index is 2.11. The van der Waals surface area contributed by atoms with Gasteiger partial charge in [-0.15, -0.1) is 15.2 Å². The third-order valence-electron chi connectivity index (χ3n) is 2.97. The number of hydrogen-bond acceptors (Lipinski definition) is 5. The molecule has 106 valence electrons. The van der Waals surface area contributed by atoms with Crippen LogP contribution in [0.3, 0.4) is 0 Å². The molecule has 0 radical (unpaired) electrons. The summed E-state index contributed by atoms with van der Waals surface area (Å²) in [5.74, 6) is -1.02. The number of amides is 1. The molecule has 0 spiro atoms. The SMILES string of the molecule is CC(C)c1csc(N2CC(CS(=O)(=O)F)CC2=O)n1. The Kier molecular flexibility index (Phi) is 3.91. The van der Waals surface area contributed by atoms with Crippen molar-refractivity contribution in [3.05, 3.63) is 11.1 Å². The van der Waals surface area contributed by atoms with Crippen LogP contribution in [0.1, 0.15) is 31.9 Å². The van der Waals surface area contributed by atoms with Gasteiger partial charge in [0.05, 0.1) is 11.4 Å². The fourth-order valence-corrected chi connectivity index (χ4v) is 3.82. The molecule has 5 nitrogen and oxygen atoms in total. The van der Waals surface area contributed by atoms with Gasteiger partial charge in [-0.05, 0) is 5.92 Å². The molecule has 1 unspecified atom stereocenters. The minimum Gasteiger partial charge on any atom is -0.288 e. The first-order chi connectivity index (χ1) is 8.76. The van der Waals surface area contributed by atoms with E-state index in [1.165, 1.54) is 16.2 Å². The first-order valence-electron chi connectivity index (χ1n) is 5.94. The van der Waals surface area contributed by atoms with Crippen molar-refractivity contribution in [1.82, 2.24) is 4.98 Å². The van der Waals surface area contributed by atoms with Crippen LogP contribution in [0.2, 0.25) is 0 Å². The Labute approximate surface area is 115 Å². The number of halogens is 1. The lowest BCUT2D eigenvalue weighted by Crippen LogP contribution is -2.25. The Morgan fingerprint density at radius 3 is 2.79 bits per heavy atom. The highest BCUT2D eigenvalue weighted by Gasteiger charge is 2.35. The van der Waals surface area contributed by atoms with Crippen LogP contribution in [0.15, 0.2) is 5.38 Å². The van der Waals surface area contributed by atoms with Gasteiger partial charge >= 0.3 is 10.2 Å². The minimum atomic E-state index is -4.54. The normalized spacial score (nSPS) is 20.5. The Bertz CT molecular complexity index is 583. The van der Waals surface area contributed by atoms with Gasteiger partial charge in [-0.2, -0.15) is 8.42 Å². The van der Waals surface area contributed by atoms with E-state index in [1.807, 2.05) is 19.2 Å². The third kappa shape index (κ3) is 3.50. The number of aromatic nitrogens is 1. The maximum atomic E-state index is 12.6. The molecule has 1 fully saturated rings. The Morgan fingerprint density at radius 1 is 1.58 bits per heavy atom. The van der Waals surface area contributed by atoms with E-state index in [1.54, 1.807) is 0 Å². The molecule has 0 aliphatic carbocycles. The summed E-state index contributed by atoms with van der Waals surface area (Å²) in [6.45, 7) is 4.22. The molecule has 0 aromatic carbocycles. The van der Waals surface area contributed by atoms with Gasteiger partial charge in [-0.25, -0.2) is 4.98 Å². The van der Waals surface area contributed by atoms with Crippen molar-refractivity contribution in [2.75, 3.05) is 17.2 Å². The lowest BCUT2D eigenvalue weighted by molar-refractivity contribution is -0.117. The molecule has 1 aromatic rings. The van der Waals surface area contributed by atoms with Gasteiger partial charge in [0.2, 0.25) is 5.91 Å². The molecule has 1 atom stereocenters. The van der Waals surface area contributed by atoms with Gasteiger partial charge in [0.25, 0.3) is 0 Å². The maximum absolute atomic E-state index is 12.6. The predicted octanol–water partition coefficient (Wildman–Crippen LogP) is 1.92. The summed E-state index contributed by atoms with van der Waals surface area (Å²) in [6.07, 6.45) is 0.0553. The van der Waals surface area contributed by atoms with Crippen molar-refractivity contribution in [3.63, 3.8) is 0 Å². The van der Waals surface area contributed by atoms with E-state index in [2.05, 4.69) is 4.98 Å². The first-order valence-corrected chi connectivity index (χ1v) is 8.37. The molecule has 1 aromatic heterocycles. The highest BCUT2D eigenvalue weighted by Crippen LogP contribution is 2.30. The summed E-state index contributed by atoms with van der Waals surface area (Å²) in [5.41, 5.74) is 0.898. The Hall–Kier alpha value is -1.02. The van der Waals surface area contributed by atoms with Gasteiger partial charge in [-0.3, -0.25) is 9.69 Å². The summed E-state index contributed by atoms with van der Waals surface area (Å²) in [7, 11) is -4.54. The van der Waals surface area contributed by atoms with Gasteiger partial charge in [-0.1, -0.05) is 13.8 Å². The number of carbonyl (C=O) groups is 1. The highest BCUT2D eigenvalue weighted by atomic mass is 32.3. The molecule has 0 saturated carbocycles. The van der Waals surface area contributed by atoms with Crippen molar-refractivity contribution < 1.29 is 17.1 Å². The zero-order valence-electron chi connectivity index (χ0n) is 10.7. The van der Waals surface area contributed by atoms with Crippen LogP contribution in [0.5, 0.6) is 0 Å². The summed E-state index contributed by atoms with van der Waals surface area (Å²) in [4.78, 5) is 17.6. The van der Waals surface area contributed by atoms with Crippen LogP contribution in [0.4, 0.5) is 9.02 Å². The predicted molar refractivity (Wildman–Crippen MR) is 71.6 cm³/mol. The standard InChI is InChI=1S/C11H15FN2O3S2/c1-7(2)9-5-18-11(13-9)14-4-8(3-10(14)15)6-19(12,16)17/h5,7-8H,3-4,6H2,1-2H3. The number of rotatable bonds is 4. The summed E-state index contributed by atoms with van der Waals surface area (Å²) >= 11 is 1.35. The zero-order valence-corrected chi connectivity index (χ0v) is 12.3. The topological polar surface area (TPSA) is 67.3 Å². The van der Waals surface area contributed by atoms with Gasteiger partial charge in [0, 0.05) is 24.3 Å². The third-order valence-corrected chi connectivity index (χ3v) is 4.72. The molecule has 8 heteroatoms. The molecule has 0 N–H and O–H groups in total. The van der Waals surface area contributed by atoms with E-state index in [0.717, 1.165) is 5.69 Å². The van der Waals surface area contributed by atoms with E-state index in [9.17, 15) is 17.1 Å². The lowest BCUT2D eigenvalue weighted by Gasteiger charge is -2.12. The maximum Gasteiger partial charge on any atom is 0.302 e. The zero-order chi connectivity index (χ0) is 14.2. The number of carbonyl (C=O) groups excluding carboxylic acids is 1. The van der Waals surface area contributed by atoms with Gasteiger partial charge in [0.15, 0.2) is 5.13 Å². The smallest absolute Gasteiger partial charge is 0.288 e. The van der Waals surface area contributed by atoms with E-state index in [0.29, 0.717) is 5.13 Å². The van der Waals surface area contributed by atoms with Crippen LogP contribution < -0.4 is 4.90 Å². The number of anilines is 1. The van der Waals surface area contributed by atoms with E-state index in [-0.39, 0.29) is 24.8 Å². The molecule has 19 heavy (non-hydrogen) atoms. The van der Waals surface area contributed by atoms with Gasteiger partial charge in [0.1, 0.15) is 0 Å². The fraction of sp³-hybridized carbons (Fsp3) is 0.636. The molecule has 2 rings (SSSR count). The van der Waals surface area contributed by atoms with Crippen molar-refractivity contribution in [1.29, 1.82) is 0 Å². The molecule has 1 amide bonds. The van der Waals surface area contributed by atoms with E-state index in [4.69, 9.17) is 0 Å². The number of nitrogens with zero attached hydrogens (tertiary/aromatic N) is 2. The second-order valence-corrected chi connectivity index (χ2v) is 7.24. The Morgan fingerprint density at radius 2 is 2.26 bits per heavy atom. The molecule has 0 bridgehead atoms. The van der Waals surface area contributed by atoms with Crippen LogP contribution in [-0.4, -0.2) is 31.6 Å². The lowest BCUT2D eigenvalue weighted by atomic mass is 10.1. The van der Waals surface area contributed by atoms with Crippen molar-refractivity contribution >= 4 is 32.6 Å². The first kappa shape index (κ1) is 14.4. The van der Waals surface area contributed by atoms with Crippen molar-refractivity contribution in [2.24, 2.45) is 5.92 Å². The molecular weight excluding hydrogens is 291 g/mol. The van der Waals surface area contributed by atoms with Crippen LogP contribution in [0.25, 0.3) is 0 Å². The molecular formula is C11H15FN2O3S2. The van der Waals surface area contributed by atoms with Crippen molar-refractivity contribution in [3.8, 4) is 0 Å². The second kappa shape index (κ2) is 5.16. The average Bonchev–Trinajstić information content (AvgIpc) is 2.82. The molecule has 2 heterocycles. The monoisotopic (exact) mass is 306 g/mol. The number of hydrogen-bond donors (Lipinski definition) is 0. The van der Waals surface area contributed by atoms with Crippen LogP contribution >= 0.6 is 11.3 Å². The van der Waals surface area contributed by atoms with Crippen molar-refractivity contribution in [2.45, 2.75) is 26.2 Å². The van der Waals surface area contributed by atoms with Crippen LogP contribution in [0, 0.1) is 5.92 Å². The summed E-state index contributed by atoms with van der Waals surface area (Å²) in [5, 5.41) is 2.44. The van der Waals surface area contributed by atoms with Crippen LogP contribution in [-0.2, 0) is 15.0 Å². The average molecular weight is 306 g/mol. The van der Waals surface area contributed by atoms with Gasteiger partial charge < -0.3 is 0 Å². The summed E-state index contributed by atoms with van der Waals surface area (Å²) < 4.78 is 33.9. The molecule has 1 aliphatic heterocycles. The highest BCUT2D eigenvalue weighted by molar-refractivity contribution is 7.86. The molecule has 1 aliphatic rings. The van der Waals surface area contributed by atoms with E-state index < -0.39 is 21.9 Å². The summed E-state index contributed by atoms with van der Waals surface area (Å²) in [6, 6.07) is 0. The largest absolute Gasteiger partial charge is 0.302 e. The van der Waals surface area contributed by atoms with E-state index >= 15 is 0 Å². The fourth-order valence-electron chi connectivity index (χ4n) is 2.03. The number of thiazole rings is 1. The quantitative estimate of drug-likeness (QED) is 0.797. The molecule has 1 saturated heterocycles. The second-order valence-electron chi connectivity index (χ2n) is 4.99.